The van der Waals surface area contributed by atoms with E-state index in [0.29, 0.717) is 41.5 Å². The van der Waals surface area contributed by atoms with Gasteiger partial charge in [0.15, 0.2) is 11.5 Å². The molecule has 9 nitrogen and oxygen atoms in total. The van der Waals surface area contributed by atoms with Crippen LogP contribution in [0.25, 0.3) is 0 Å². The van der Waals surface area contributed by atoms with Gasteiger partial charge in [0.25, 0.3) is 5.56 Å². The Morgan fingerprint density at radius 1 is 1.11 bits per heavy atom. The van der Waals surface area contributed by atoms with E-state index in [-0.39, 0.29) is 30.3 Å². The van der Waals surface area contributed by atoms with Crippen molar-refractivity contribution in [1.82, 2.24) is 4.57 Å². The van der Waals surface area contributed by atoms with Crippen LogP contribution < -0.4 is 19.8 Å². The lowest BCUT2D eigenvalue weighted by atomic mass is 9.87. The Morgan fingerprint density at radius 3 is 2.54 bits per heavy atom. The predicted octanol–water partition coefficient (Wildman–Crippen LogP) is 3.24. The fourth-order valence-corrected chi connectivity index (χ4v) is 4.27. The molecule has 184 valence electrons. The topological polar surface area (TPSA) is 116 Å². The molecule has 2 heterocycles. The number of pyridine rings is 1. The molecule has 1 unspecified atom stereocenters. The van der Waals surface area contributed by atoms with Crippen LogP contribution in [0.5, 0.6) is 28.7 Å². The molecule has 0 amide bonds. The minimum Gasteiger partial charge on any atom is -0.508 e. The largest absolute Gasteiger partial charge is 0.508 e. The van der Waals surface area contributed by atoms with Crippen molar-refractivity contribution in [3.8, 4) is 28.7 Å². The molecule has 4 rings (SSSR count). The molecule has 0 saturated carbocycles. The zero-order valence-corrected chi connectivity index (χ0v) is 19.7. The number of phenolic OH excluding ortho intramolecular Hbond substituents is 1. The number of benzene rings is 2. The van der Waals surface area contributed by atoms with Gasteiger partial charge in [-0.3, -0.25) is 9.59 Å². The summed E-state index contributed by atoms with van der Waals surface area (Å²) >= 11 is 0. The molecule has 1 aliphatic heterocycles. The van der Waals surface area contributed by atoms with E-state index < -0.39 is 17.4 Å². The van der Waals surface area contributed by atoms with Gasteiger partial charge in [0, 0.05) is 18.2 Å². The van der Waals surface area contributed by atoms with Gasteiger partial charge in [0.2, 0.25) is 12.5 Å². The Kier molecular flexibility index (Phi) is 6.86. The summed E-state index contributed by atoms with van der Waals surface area (Å²) in [6, 6.07) is 11.6. The molecule has 0 bridgehead atoms. The highest BCUT2D eigenvalue weighted by Gasteiger charge is 2.30. The number of carbonyl (C=O) groups is 1. The lowest BCUT2D eigenvalue weighted by Gasteiger charge is -2.21. The summed E-state index contributed by atoms with van der Waals surface area (Å²) in [5.74, 6) is -0.150. The van der Waals surface area contributed by atoms with Crippen LogP contribution in [0, 0.1) is 6.92 Å². The highest BCUT2D eigenvalue weighted by molar-refractivity contribution is 5.72. The molecule has 0 spiro atoms. The monoisotopic (exact) mass is 481 g/mol. The van der Waals surface area contributed by atoms with Crippen LogP contribution in [0.2, 0.25) is 0 Å². The SMILES string of the molecule is COC(=O)CC(c1cc(OC)c2c(c1)OCO2)c1c(O)cc(C)n(CCc2ccc(O)cc2)c1=O. The van der Waals surface area contributed by atoms with Crippen molar-refractivity contribution in [3.05, 3.63) is 75.2 Å². The minimum absolute atomic E-state index is 0.0245. The van der Waals surface area contributed by atoms with E-state index in [9.17, 15) is 19.8 Å². The zero-order valence-electron chi connectivity index (χ0n) is 19.7. The van der Waals surface area contributed by atoms with Crippen LogP contribution in [0.3, 0.4) is 0 Å². The van der Waals surface area contributed by atoms with Crippen molar-refractivity contribution >= 4 is 5.97 Å². The van der Waals surface area contributed by atoms with Gasteiger partial charge in [-0.05, 0) is 54.8 Å². The number of rotatable bonds is 8. The highest BCUT2D eigenvalue weighted by atomic mass is 16.7. The smallest absolute Gasteiger partial charge is 0.306 e. The molecule has 2 N–H and O–H groups in total. The number of phenols is 1. The van der Waals surface area contributed by atoms with Crippen molar-refractivity contribution in [2.45, 2.75) is 32.2 Å². The van der Waals surface area contributed by atoms with E-state index in [1.54, 1.807) is 47.9 Å². The molecule has 1 atom stereocenters. The number of hydrogen-bond acceptors (Lipinski definition) is 8. The zero-order chi connectivity index (χ0) is 25.1. The maximum Gasteiger partial charge on any atom is 0.306 e. The van der Waals surface area contributed by atoms with Crippen LogP contribution in [0.1, 0.15) is 34.7 Å². The average Bonchev–Trinajstić information content (AvgIpc) is 3.32. The van der Waals surface area contributed by atoms with E-state index in [1.807, 2.05) is 0 Å². The number of aryl methyl sites for hydroxylation is 2. The van der Waals surface area contributed by atoms with E-state index in [1.165, 1.54) is 20.3 Å². The Hall–Kier alpha value is -4.14. The maximum atomic E-state index is 13.7. The number of aromatic nitrogens is 1. The first-order valence-electron chi connectivity index (χ1n) is 11.1. The van der Waals surface area contributed by atoms with Gasteiger partial charge in [-0.1, -0.05) is 12.1 Å². The molecule has 0 saturated heterocycles. The van der Waals surface area contributed by atoms with Crippen molar-refractivity contribution in [1.29, 1.82) is 0 Å². The molecule has 0 radical (unpaired) electrons. The van der Waals surface area contributed by atoms with Gasteiger partial charge >= 0.3 is 5.97 Å². The number of hydrogen-bond donors (Lipinski definition) is 2. The molecular formula is C26H27NO8. The Bertz CT molecular complexity index is 1300. The Balaban J connectivity index is 1.79. The third-order valence-corrected chi connectivity index (χ3v) is 6.11. The van der Waals surface area contributed by atoms with E-state index in [2.05, 4.69) is 0 Å². The molecule has 2 aromatic carbocycles. The number of carbonyl (C=O) groups excluding carboxylic acids is 1. The van der Waals surface area contributed by atoms with Crippen LogP contribution in [-0.4, -0.2) is 41.8 Å². The third-order valence-electron chi connectivity index (χ3n) is 6.11. The van der Waals surface area contributed by atoms with Crippen molar-refractivity contribution in [2.75, 3.05) is 21.0 Å². The Labute approximate surface area is 202 Å². The molecule has 0 aliphatic carbocycles. The summed E-state index contributed by atoms with van der Waals surface area (Å²) in [6.07, 6.45) is 0.355. The predicted molar refractivity (Wildman–Crippen MR) is 127 cm³/mol. The Morgan fingerprint density at radius 2 is 1.86 bits per heavy atom. The lowest BCUT2D eigenvalue weighted by molar-refractivity contribution is -0.140. The summed E-state index contributed by atoms with van der Waals surface area (Å²) in [5.41, 5.74) is 1.72. The summed E-state index contributed by atoms with van der Waals surface area (Å²) in [4.78, 5) is 26.0. The first-order valence-corrected chi connectivity index (χ1v) is 11.1. The second-order valence-corrected chi connectivity index (χ2v) is 8.25. The van der Waals surface area contributed by atoms with E-state index in [4.69, 9.17) is 18.9 Å². The standard InChI is InChI=1S/C26H27NO8/c1-15-10-20(29)24(26(31)27(15)9-8-16-4-6-18(28)7-5-16)19(13-23(30)33-3)17-11-21(32-2)25-22(12-17)34-14-35-25/h4-7,10-12,19,28-29H,8-9,13-14H2,1-3H3. The van der Waals surface area contributed by atoms with Crippen LogP contribution in [0.15, 0.2) is 47.3 Å². The molecule has 35 heavy (non-hydrogen) atoms. The number of ether oxygens (including phenoxy) is 4. The molecule has 0 fully saturated rings. The fraction of sp³-hybridized carbons (Fsp3) is 0.308. The molecule has 3 aromatic rings. The normalized spacial score (nSPS) is 12.9. The quantitative estimate of drug-likeness (QED) is 0.471. The van der Waals surface area contributed by atoms with Crippen LogP contribution in [-0.2, 0) is 22.5 Å². The molecule has 1 aliphatic rings. The van der Waals surface area contributed by atoms with Crippen molar-refractivity contribution in [2.24, 2.45) is 0 Å². The van der Waals surface area contributed by atoms with Gasteiger partial charge in [-0.2, -0.15) is 0 Å². The van der Waals surface area contributed by atoms with E-state index >= 15 is 0 Å². The average molecular weight is 482 g/mol. The van der Waals surface area contributed by atoms with Gasteiger partial charge in [0.1, 0.15) is 11.5 Å². The second kappa shape index (κ2) is 10.0. The second-order valence-electron chi connectivity index (χ2n) is 8.25. The maximum absolute atomic E-state index is 13.7. The summed E-state index contributed by atoms with van der Waals surface area (Å²) < 4.78 is 22.9. The number of methoxy groups -OCH3 is 2. The van der Waals surface area contributed by atoms with Crippen LogP contribution >= 0.6 is 0 Å². The third kappa shape index (κ3) is 4.89. The van der Waals surface area contributed by atoms with Crippen molar-refractivity contribution < 1.29 is 34.0 Å². The first-order chi connectivity index (χ1) is 16.8. The number of aromatic hydroxyl groups is 2. The van der Waals surface area contributed by atoms with Gasteiger partial charge < -0.3 is 33.7 Å². The number of fused-ring (bicyclic) bond motifs is 1. The summed E-state index contributed by atoms with van der Waals surface area (Å²) in [7, 11) is 2.75. The highest BCUT2D eigenvalue weighted by Crippen LogP contribution is 2.45. The van der Waals surface area contributed by atoms with Gasteiger partial charge in [0.05, 0.1) is 26.2 Å². The fourth-order valence-electron chi connectivity index (χ4n) is 4.27. The van der Waals surface area contributed by atoms with Gasteiger partial charge in [-0.25, -0.2) is 0 Å². The summed E-state index contributed by atoms with van der Waals surface area (Å²) in [5, 5.41) is 20.4. The number of esters is 1. The first kappa shape index (κ1) is 24.0. The summed E-state index contributed by atoms with van der Waals surface area (Å²) in [6.45, 7) is 2.11. The van der Waals surface area contributed by atoms with Crippen LogP contribution in [0.4, 0.5) is 0 Å². The van der Waals surface area contributed by atoms with Gasteiger partial charge in [-0.15, -0.1) is 0 Å². The van der Waals surface area contributed by atoms with Crippen molar-refractivity contribution in [3.63, 3.8) is 0 Å². The molecular weight excluding hydrogens is 454 g/mol. The molecule has 1 aromatic heterocycles. The minimum atomic E-state index is -0.820. The van der Waals surface area contributed by atoms with E-state index in [0.717, 1.165) is 5.56 Å². The number of nitrogens with zero attached hydrogens (tertiary/aromatic N) is 1. The molecule has 9 heteroatoms. The lowest BCUT2D eigenvalue weighted by Crippen LogP contribution is -2.29.